The SMILES string of the molecule is O=c1[nH]cc(-c2cc(N3CC4(CCC4)C3)c3nccn3n2)c(=O)[nH]1. The first kappa shape index (κ1) is 13.5. The number of aromatic nitrogens is 5. The molecule has 2 fully saturated rings. The number of fused-ring (bicyclic) bond motifs is 1. The number of aromatic amines is 2. The van der Waals surface area contributed by atoms with Crippen molar-refractivity contribution in [1.29, 1.82) is 0 Å². The van der Waals surface area contributed by atoms with E-state index in [2.05, 4.69) is 25.0 Å². The zero-order chi connectivity index (χ0) is 16.3. The first-order valence-electron chi connectivity index (χ1n) is 8.05. The summed E-state index contributed by atoms with van der Waals surface area (Å²) >= 11 is 0. The van der Waals surface area contributed by atoms with Gasteiger partial charge in [0.05, 0.1) is 11.3 Å². The minimum absolute atomic E-state index is 0.338. The van der Waals surface area contributed by atoms with Gasteiger partial charge in [0.15, 0.2) is 5.65 Å². The van der Waals surface area contributed by atoms with Crippen LogP contribution in [0.3, 0.4) is 0 Å². The average molecular weight is 324 g/mol. The predicted octanol–water partition coefficient (Wildman–Crippen LogP) is 0.763. The molecule has 1 aliphatic carbocycles. The van der Waals surface area contributed by atoms with Crippen LogP contribution >= 0.6 is 0 Å². The molecular weight excluding hydrogens is 308 g/mol. The normalized spacial score (nSPS) is 18.6. The molecule has 0 amide bonds. The molecule has 8 nitrogen and oxygen atoms in total. The lowest BCUT2D eigenvalue weighted by molar-refractivity contribution is 0.0905. The van der Waals surface area contributed by atoms with E-state index >= 15 is 0 Å². The van der Waals surface area contributed by atoms with Crippen molar-refractivity contribution < 1.29 is 0 Å². The zero-order valence-electron chi connectivity index (χ0n) is 13.0. The molecule has 122 valence electrons. The summed E-state index contributed by atoms with van der Waals surface area (Å²) in [6.07, 6.45) is 8.78. The van der Waals surface area contributed by atoms with E-state index in [1.54, 1.807) is 16.9 Å². The highest BCUT2D eigenvalue weighted by Gasteiger charge is 2.47. The molecule has 0 unspecified atom stereocenters. The summed E-state index contributed by atoms with van der Waals surface area (Å²) in [5, 5.41) is 4.45. The summed E-state index contributed by atoms with van der Waals surface area (Å²) in [5.41, 5.74) is 2.13. The van der Waals surface area contributed by atoms with Gasteiger partial charge in [-0.1, -0.05) is 6.42 Å². The van der Waals surface area contributed by atoms with E-state index in [-0.39, 0.29) is 0 Å². The third-order valence-corrected chi connectivity index (χ3v) is 5.24. The van der Waals surface area contributed by atoms with E-state index in [1.807, 2.05) is 6.07 Å². The molecule has 1 saturated heterocycles. The summed E-state index contributed by atoms with van der Waals surface area (Å²) in [4.78, 5) is 34.8. The number of H-pyrrole nitrogens is 2. The standard InChI is InChI=1S/C16H16N6O2/c23-14-10(7-18-15(24)19-14)11-6-12(13-17-4-5-22(13)20-11)21-8-16(9-21)2-1-3-16/h4-7H,1-3,8-9H2,(H2,18,19,23,24). The third kappa shape index (κ3) is 1.85. The van der Waals surface area contributed by atoms with Crippen LogP contribution in [0.1, 0.15) is 19.3 Å². The van der Waals surface area contributed by atoms with Gasteiger partial charge in [-0.05, 0) is 18.9 Å². The first-order chi connectivity index (χ1) is 11.6. The molecule has 1 saturated carbocycles. The highest BCUT2D eigenvalue weighted by molar-refractivity contribution is 5.75. The maximum absolute atomic E-state index is 12.1. The van der Waals surface area contributed by atoms with Gasteiger partial charge in [-0.3, -0.25) is 9.78 Å². The largest absolute Gasteiger partial charge is 0.367 e. The number of nitrogens with one attached hydrogen (secondary N) is 2. The lowest BCUT2D eigenvalue weighted by Gasteiger charge is -2.56. The lowest BCUT2D eigenvalue weighted by Crippen LogP contribution is -2.60. The van der Waals surface area contributed by atoms with Crippen LogP contribution in [0.4, 0.5) is 5.69 Å². The van der Waals surface area contributed by atoms with Crippen LogP contribution in [0.15, 0.2) is 34.2 Å². The Balaban J connectivity index is 1.63. The molecule has 4 heterocycles. The number of nitrogens with zero attached hydrogens (tertiary/aromatic N) is 4. The van der Waals surface area contributed by atoms with Gasteiger partial charge >= 0.3 is 5.69 Å². The van der Waals surface area contributed by atoms with Crippen molar-refractivity contribution in [1.82, 2.24) is 24.6 Å². The Kier molecular flexibility index (Phi) is 2.57. The Morgan fingerprint density at radius 2 is 2.04 bits per heavy atom. The van der Waals surface area contributed by atoms with Gasteiger partial charge in [0.1, 0.15) is 5.69 Å². The summed E-state index contributed by atoms with van der Waals surface area (Å²) < 4.78 is 1.68. The molecule has 8 heteroatoms. The van der Waals surface area contributed by atoms with Gasteiger partial charge in [0.25, 0.3) is 5.56 Å². The molecule has 1 aliphatic heterocycles. The maximum Gasteiger partial charge on any atom is 0.325 e. The Hall–Kier alpha value is -2.90. The Morgan fingerprint density at radius 1 is 1.21 bits per heavy atom. The van der Waals surface area contributed by atoms with Crippen molar-refractivity contribution in [3.05, 3.63) is 45.5 Å². The molecule has 3 aromatic rings. The number of rotatable bonds is 2. The van der Waals surface area contributed by atoms with Gasteiger partial charge in [-0.2, -0.15) is 5.10 Å². The molecule has 0 bridgehead atoms. The Bertz CT molecular complexity index is 1050. The fourth-order valence-electron chi connectivity index (χ4n) is 3.79. The number of hydrogen-bond donors (Lipinski definition) is 2. The minimum Gasteiger partial charge on any atom is -0.367 e. The molecule has 0 aromatic carbocycles. The van der Waals surface area contributed by atoms with Gasteiger partial charge < -0.3 is 9.88 Å². The second-order valence-electron chi connectivity index (χ2n) is 6.81. The lowest BCUT2D eigenvalue weighted by atomic mass is 9.63. The van der Waals surface area contributed by atoms with Crippen LogP contribution in [-0.4, -0.2) is 37.7 Å². The smallest absolute Gasteiger partial charge is 0.325 e. The molecule has 24 heavy (non-hydrogen) atoms. The fraction of sp³-hybridized carbons (Fsp3) is 0.375. The summed E-state index contributed by atoms with van der Waals surface area (Å²) in [6, 6.07) is 1.89. The van der Waals surface area contributed by atoms with Gasteiger partial charge in [0.2, 0.25) is 0 Å². The first-order valence-corrected chi connectivity index (χ1v) is 8.05. The molecule has 3 aromatic heterocycles. The maximum atomic E-state index is 12.1. The van der Waals surface area contributed by atoms with Crippen LogP contribution in [-0.2, 0) is 0 Å². The van der Waals surface area contributed by atoms with E-state index in [0.29, 0.717) is 16.7 Å². The van der Waals surface area contributed by atoms with Crippen molar-refractivity contribution in [3.8, 4) is 11.3 Å². The predicted molar refractivity (Wildman–Crippen MR) is 88.2 cm³/mol. The molecular formula is C16H16N6O2. The topological polar surface area (TPSA) is 99.2 Å². The number of hydrogen-bond acceptors (Lipinski definition) is 5. The monoisotopic (exact) mass is 324 g/mol. The van der Waals surface area contributed by atoms with Crippen LogP contribution in [0.25, 0.3) is 16.9 Å². The number of imidazole rings is 1. The van der Waals surface area contributed by atoms with Crippen molar-refractivity contribution in [2.75, 3.05) is 18.0 Å². The van der Waals surface area contributed by atoms with Crippen LogP contribution in [0.2, 0.25) is 0 Å². The van der Waals surface area contributed by atoms with E-state index in [1.165, 1.54) is 25.5 Å². The quantitative estimate of drug-likeness (QED) is 0.725. The van der Waals surface area contributed by atoms with E-state index in [9.17, 15) is 9.59 Å². The minimum atomic E-state index is -0.526. The van der Waals surface area contributed by atoms with Gasteiger partial charge in [-0.25, -0.2) is 14.3 Å². The van der Waals surface area contributed by atoms with Crippen molar-refractivity contribution in [2.24, 2.45) is 5.41 Å². The highest BCUT2D eigenvalue weighted by atomic mass is 16.2. The van der Waals surface area contributed by atoms with Crippen molar-refractivity contribution >= 4 is 11.3 Å². The third-order valence-electron chi connectivity index (χ3n) is 5.24. The van der Waals surface area contributed by atoms with Gasteiger partial charge in [0, 0.05) is 37.1 Å². The molecule has 2 N–H and O–H groups in total. The van der Waals surface area contributed by atoms with Crippen molar-refractivity contribution in [3.63, 3.8) is 0 Å². The summed E-state index contributed by atoms with van der Waals surface area (Å²) in [7, 11) is 0. The van der Waals surface area contributed by atoms with Gasteiger partial charge in [-0.15, -0.1) is 0 Å². The van der Waals surface area contributed by atoms with E-state index in [0.717, 1.165) is 24.4 Å². The van der Waals surface area contributed by atoms with Crippen LogP contribution in [0, 0.1) is 5.41 Å². The summed E-state index contributed by atoms with van der Waals surface area (Å²) in [5.74, 6) is 0. The van der Waals surface area contributed by atoms with Crippen molar-refractivity contribution in [2.45, 2.75) is 19.3 Å². The molecule has 1 spiro atoms. The highest BCUT2D eigenvalue weighted by Crippen LogP contribution is 2.50. The summed E-state index contributed by atoms with van der Waals surface area (Å²) in [6.45, 7) is 2.06. The average Bonchev–Trinajstić information content (AvgIpc) is 2.92. The van der Waals surface area contributed by atoms with Crippen LogP contribution < -0.4 is 16.1 Å². The van der Waals surface area contributed by atoms with E-state index < -0.39 is 11.2 Å². The second kappa shape index (κ2) is 4.56. The molecule has 2 aliphatic rings. The molecule has 5 rings (SSSR count). The molecule has 0 radical (unpaired) electrons. The Morgan fingerprint density at radius 3 is 2.75 bits per heavy atom. The zero-order valence-corrected chi connectivity index (χ0v) is 13.0. The Labute approximate surface area is 136 Å². The number of anilines is 1. The second-order valence-corrected chi connectivity index (χ2v) is 6.81. The molecule has 0 atom stereocenters. The fourth-order valence-corrected chi connectivity index (χ4v) is 3.79. The van der Waals surface area contributed by atoms with Crippen LogP contribution in [0.5, 0.6) is 0 Å². The van der Waals surface area contributed by atoms with E-state index in [4.69, 9.17) is 0 Å².